The summed E-state index contributed by atoms with van der Waals surface area (Å²) >= 11 is 1.90. The Morgan fingerprint density at radius 3 is 1.84 bits per heavy atom. The highest BCUT2D eigenvalue weighted by Gasteiger charge is 2.51. The van der Waals surface area contributed by atoms with E-state index in [2.05, 4.69) is 158 Å². The van der Waals surface area contributed by atoms with Gasteiger partial charge in [0.2, 0.25) is 0 Å². The van der Waals surface area contributed by atoms with Gasteiger partial charge in [-0.3, -0.25) is 0 Å². The van der Waals surface area contributed by atoms with E-state index < -0.39 is 5.41 Å². The normalized spacial score (nSPS) is 16.5. The Balaban J connectivity index is 1.14. The quantitative estimate of drug-likeness (QED) is 0.179. The molecular weight excluding hydrogens is 637 g/mol. The van der Waals surface area contributed by atoms with Crippen molar-refractivity contribution in [2.45, 2.75) is 18.3 Å². The number of benzene rings is 7. The summed E-state index contributed by atoms with van der Waals surface area (Å²) in [5, 5.41) is 3.87. The molecule has 2 aromatic heterocycles. The van der Waals surface area contributed by atoms with Crippen LogP contribution in [0.3, 0.4) is 0 Å². The van der Waals surface area contributed by atoms with Crippen molar-refractivity contribution in [2.24, 2.45) is 0 Å². The smallest absolute Gasteiger partial charge is 0.142 e. The van der Waals surface area contributed by atoms with Gasteiger partial charge in [-0.2, -0.15) is 0 Å². The number of para-hydroxylation sites is 1. The first kappa shape index (κ1) is 27.8. The fourth-order valence-electron chi connectivity index (χ4n) is 9.65. The number of hydrogen-bond donors (Lipinski definition) is 0. The van der Waals surface area contributed by atoms with E-state index in [1.807, 2.05) is 11.3 Å². The Kier molecular flexibility index (Phi) is 5.49. The minimum Gasteiger partial charge on any atom is -0.460 e. The lowest BCUT2D eigenvalue weighted by molar-refractivity contribution is 0.547. The SMILES string of the molecule is C1=Cc2c(oc3c(-c4ccc5c(c4)C4(c6ccccc6-5)c5ccccc5-c5ccc(-c6cccc7c6sc6ccccc67)cc54)cccc23)CC1. The van der Waals surface area contributed by atoms with E-state index in [-0.39, 0.29) is 0 Å². The monoisotopic (exact) mass is 666 g/mol. The molecule has 1 spiro atoms. The molecule has 12 rings (SSSR count). The molecule has 238 valence electrons. The Morgan fingerprint density at radius 2 is 1.08 bits per heavy atom. The first-order valence-electron chi connectivity index (χ1n) is 17.9. The highest BCUT2D eigenvalue weighted by molar-refractivity contribution is 7.26. The van der Waals surface area contributed by atoms with Crippen molar-refractivity contribution in [1.29, 1.82) is 0 Å². The third-order valence-electron chi connectivity index (χ3n) is 11.8. The van der Waals surface area contributed by atoms with E-state index in [4.69, 9.17) is 4.42 Å². The number of hydrogen-bond acceptors (Lipinski definition) is 2. The van der Waals surface area contributed by atoms with E-state index >= 15 is 0 Å². The van der Waals surface area contributed by atoms with Crippen LogP contribution in [0.5, 0.6) is 0 Å². The van der Waals surface area contributed by atoms with Crippen molar-refractivity contribution >= 4 is 48.6 Å². The van der Waals surface area contributed by atoms with Crippen LogP contribution in [-0.4, -0.2) is 0 Å². The van der Waals surface area contributed by atoms with Crippen molar-refractivity contribution in [2.75, 3.05) is 0 Å². The fourth-order valence-corrected chi connectivity index (χ4v) is 10.9. The molecule has 1 unspecified atom stereocenters. The number of aryl methyl sites for hydroxylation is 1. The molecule has 2 heteroatoms. The number of fused-ring (bicyclic) bond motifs is 16. The van der Waals surface area contributed by atoms with Crippen molar-refractivity contribution < 1.29 is 4.42 Å². The molecule has 1 atom stereocenters. The molecular formula is C49H30OS. The standard InChI is InChI=1S/C49H30OS/c1-5-19-41-33(11-1)35-25-23-29(31-15-9-17-39-37-13-3-7-21-45(37)50-47(31)39)27-43(35)49(41)42-20-6-2-12-34(42)36-26-24-30(28-44(36)49)32-16-10-18-40-38-14-4-8-22-46(38)51-48(32)40/h1-6,8-20,22-28H,7,21H2. The number of allylic oxidation sites excluding steroid dienone is 1. The molecule has 0 saturated carbocycles. The van der Waals surface area contributed by atoms with Crippen molar-refractivity contribution in [3.63, 3.8) is 0 Å². The molecule has 0 amide bonds. The summed E-state index contributed by atoms with van der Waals surface area (Å²) in [4.78, 5) is 0. The third kappa shape index (κ3) is 3.55. The zero-order chi connectivity index (χ0) is 33.3. The van der Waals surface area contributed by atoms with Gasteiger partial charge >= 0.3 is 0 Å². The zero-order valence-corrected chi connectivity index (χ0v) is 28.6. The Morgan fingerprint density at radius 1 is 0.490 bits per heavy atom. The summed E-state index contributed by atoms with van der Waals surface area (Å²) < 4.78 is 9.34. The summed E-state index contributed by atoms with van der Waals surface area (Å²) in [5.74, 6) is 1.10. The first-order chi connectivity index (χ1) is 25.3. The van der Waals surface area contributed by atoms with E-state index in [1.165, 1.54) is 92.3 Å². The van der Waals surface area contributed by atoms with Crippen LogP contribution in [0.25, 0.3) is 81.7 Å². The van der Waals surface area contributed by atoms with E-state index in [9.17, 15) is 0 Å². The van der Waals surface area contributed by atoms with Crippen LogP contribution < -0.4 is 0 Å². The van der Waals surface area contributed by atoms with Gasteiger partial charge in [0.25, 0.3) is 0 Å². The van der Waals surface area contributed by atoms with Gasteiger partial charge < -0.3 is 4.42 Å². The largest absolute Gasteiger partial charge is 0.460 e. The summed E-state index contributed by atoms with van der Waals surface area (Å²) in [6.07, 6.45) is 6.49. The maximum absolute atomic E-state index is 6.66. The fraction of sp³-hybridized carbons (Fsp3) is 0.0612. The van der Waals surface area contributed by atoms with Gasteiger partial charge in [0, 0.05) is 43.1 Å². The van der Waals surface area contributed by atoms with Gasteiger partial charge in [0.1, 0.15) is 11.3 Å². The maximum Gasteiger partial charge on any atom is 0.142 e. The number of furan rings is 1. The zero-order valence-electron chi connectivity index (χ0n) is 27.7. The Labute approximate surface area is 299 Å². The lowest BCUT2D eigenvalue weighted by Crippen LogP contribution is -2.26. The highest BCUT2D eigenvalue weighted by atomic mass is 32.1. The Hall–Kier alpha value is -5.96. The molecule has 0 aliphatic heterocycles. The molecule has 0 bridgehead atoms. The van der Waals surface area contributed by atoms with E-state index in [0.29, 0.717) is 0 Å². The molecule has 7 aromatic carbocycles. The molecule has 9 aromatic rings. The second kappa shape index (κ2) is 10.1. The molecule has 0 radical (unpaired) electrons. The number of rotatable bonds is 2. The molecule has 3 aliphatic rings. The summed E-state index contributed by atoms with van der Waals surface area (Å²) in [7, 11) is 0. The van der Waals surface area contributed by atoms with Crippen LogP contribution in [0, 0.1) is 0 Å². The maximum atomic E-state index is 6.66. The summed E-state index contributed by atoms with van der Waals surface area (Å²) in [6.45, 7) is 0. The van der Waals surface area contributed by atoms with Crippen molar-refractivity contribution in [1.82, 2.24) is 0 Å². The van der Waals surface area contributed by atoms with Gasteiger partial charge in [-0.25, -0.2) is 0 Å². The van der Waals surface area contributed by atoms with Gasteiger partial charge in [0.15, 0.2) is 0 Å². The lowest BCUT2D eigenvalue weighted by Gasteiger charge is -2.31. The van der Waals surface area contributed by atoms with Crippen molar-refractivity contribution in [3.05, 3.63) is 185 Å². The van der Waals surface area contributed by atoms with Crippen LogP contribution in [0.1, 0.15) is 40.0 Å². The minimum absolute atomic E-state index is 0.447. The number of thiophene rings is 1. The van der Waals surface area contributed by atoms with Gasteiger partial charge in [-0.05, 0) is 85.8 Å². The van der Waals surface area contributed by atoms with Gasteiger partial charge in [-0.1, -0.05) is 140 Å². The molecule has 51 heavy (non-hydrogen) atoms. The Bertz CT molecular complexity index is 2970. The first-order valence-corrected chi connectivity index (χ1v) is 18.7. The molecule has 2 heterocycles. The van der Waals surface area contributed by atoms with Crippen LogP contribution in [0.2, 0.25) is 0 Å². The second-order valence-corrected chi connectivity index (χ2v) is 15.3. The topological polar surface area (TPSA) is 13.1 Å². The van der Waals surface area contributed by atoms with E-state index in [1.54, 1.807) is 0 Å². The predicted molar refractivity (Wildman–Crippen MR) is 214 cm³/mol. The second-order valence-electron chi connectivity index (χ2n) is 14.2. The molecule has 0 saturated heterocycles. The highest BCUT2D eigenvalue weighted by Crippen LogP contribution is 2.63. The van der Waals surface area contributed by atoms with Crippen LogP contribution in [0.4, 0.5) is 0 Å². The molecule has 0 N–H and O–H groups in total. The summed E-state index contributed by atoms with van der Waals surface area (Å²) in [6, 6.07) is 54.8. The van der Waals surface area contributed by atoms with E-state index in [0.717, 1.165) is 29.7 Å². The summed E-state index contributed by atoms with van der Waals surface area (Å²) in [5.41, 5.74) is 17.4. The van der Waals surface area contributed by atoms with Crippen molar-refractivity contribution in [3.8, 4) is 44.5 Å². The van der Waals surface area contributed by atoms with Crippen LogP contribution in [0.15, 0.2) is 156 Å². The molecule has 1 nitrogen and oxygen atoms in total. The lowest BCUT2D eigenvalue weighted by atomic mass is 9.70. The minimum atomic E-state index is -0.447. The van der Waals surface area contributed by atoms with Crippen LogP contribution >= 0.6 is 11.3 Å². The molecule has 3 aliphatic carbocycles. The predicted octanol–water partition coefficient (Wildman–Crippen LogP) is 13.4. The van der Waals surface area contributed by atoms with Gasteiger partial charge in [0.05, 0.1) is 5.41 Å². The third-order valence-corrected chi connectivity index (χ3v) is 13.0. The average molecular weight is 667 g/mol. The molecule has 0 fully saturated rings. The van der Waals surface area contributed by atoms with Gasteiger partial charge in [-0.15, -0.1) is 11.3 Å². The average Bonchev–Trinajstić information content (AvgIpc) is 3.92. The van der Waals surface area contributed by atoms with Crippen LogP contribution in [-0.2, 0) is 11.8 Å².